The molecular formula is C9H15N3O3. The number of carbonyl (C=O) groups excluding carboxylic acids is 2. The number of nitrogens with zero attached hydrogens (tertiary/aromatic N) is 1. The third-order valence-corrected chi connectivity index (χ3v) is 2.01. The third-order valence-electron chi connectivity index (χ3n) is 2.01. The van der Waals surface area contributed by atoms with Crippen molar-refractivity contribution >= 4 is 17.5 Å². The van der Waals surface area contributed by atoms with E-state index in [0.717, 1.165) is 0 Å². The van der Waals surface area contributed by atoms with E-state index >= 15 is 0 Å². The molecule has 2 amide bonds. The van der Waals surface area contributed by atoms with Gasteiger partial charge in [0.2, 0.25) is 5.91 Å². The monoisotopic (exact) mass is 213 g/mol. The van der Waals surface area contributed by atoms with Crippen molar-refractivity contribution in [1.82, 2.24) is 10.7 Å². The molecule has 0 aromatic rings. The van der Waals surface area contributed by atoms with Crippen molar-refractivity contribution in [2.75, 3.05) is 6.54 Å². The number of nitrogens with one attached hydrogen (secondary N) is 2. The average molecular weight is 213 g/mol. The van der Waals surface area contributed by atoms with Crippen molar-refractivity contribution in [1.29, 1.82) is 0 Å². The van der Waals surface area contributed by atoms with Crippen LogP contribution in [0.5, 0.6) is 0 Å². The molecule has 6 nitrogen and oxygen atoms in total. The largest absolute Gasteiger partial charge is 0.393 e. The summed E-state index contributed by atoms with van der Waals surface area (Å²) in [5.41, 5.74) is 2.58. The number of rotatable bonds is 4. The summed E-state index contributed by atoms with van der Waals surface area (Å²) in [5, 5.41) is 15.2. The van der Waals surface area contributed by atoms with Crippen LogP contribution >= 0.6 is 0 Å². The van der Waals surface area contributed by atoms with Crippen LogP contribution < -0.4 is 10.7 Å². The van der Waals surface area contributed by atoms with E-state index in [2.05, 4.69) is 15.8 Å². The van der Waals surface area contributed by atoms with Gasteiger partial charge in [-0.25, -0.2) is 5.43 Å². The van der Waals surface area contributed by atoms with Gasteiger partial charge in [-0.2, -0.15) is 5.10 Å². The number of carbonyl (C=O) groups is 2. The molecule has 6 heteroatoms. The smallest absolute Gasteiger partial charge is 0.267 e. The van der Waals surface area contributed by atoms with Gasteiger partial charge < -0.3 is 10.4 Å². The maximum atomic E-state index is 11.4. The van der Waals surface area contributed by atoms with Crippen LogP contribution in [0.1, 0.15) is 26.2 Å². The van der Waals surface area contributed by atoms with Crippen LogP contribution in [0.3, 0.4) is 0 Å². The Morgan fingerprint density at radius 2 is 2.40 bits per heavy atom. The summed E-state index contributed by atoms with van der Waals surface area (Å²) >= 11 is 0. The van der Waals surface area contributed by atoms with Crippen molar-refractivity contribution in [2.45, 2.75) is 32.3 Å². The van der Waals surface area contributed by atoms with Gasteiger partial charge >= 0.3 is 0 Å². The average Bonchev–Trinajstić information content (AvgIpc) is 2.18. The Balaban J connectivity index is 2.31. The molecule has 0 radical (unpaired) electrons. The Morgan fingerprint density at radius 1 is 1.67 bits per heavy atom. The van der Waals surface area contributed by atoms with E-state index in [1.165, 1.54) is 0 Å². The zero-order chi connectivity index (χ0) is 11.3. The fourth-order valence-corrected chi connectivity index (χ4v) is 1.13. The van der Waals surface area contributed by atoms with E-state index < -0.39 is 6.10 Å². The molecule has 0 bridgehead atoms. The molecule has 1 unspecified atom stereocenters. The molecule has 3 N–H and O–H groups in total. The summed E-state index contributed by atoms with van der Waals surface area (Å²) < 4.78 is 0. The highest BCUT2D eigenvalue weighted by Gasteiger charge is 2.17. The van der Waals surface area contributed by atoms with Crippen LogP contribution in [0.2, 0.25) is 0 Å². The van der Waals surface area contributed by atoms with Gasteiger partial charge in [-0.3, -0.25) is 9.59 Å². The Labute approximate surface area is 87.7 Å². The summed E-state index contributed by atoms with van der Waals surface area (Å²) in [4.78, 5) is 22.2. The van der Waals surface area contributed by atoms with E-state index in [1.54, 1.807) is 6.92 Å². The highest BCUT2D eigenvalue weighted by atomic mass is 16.3. The van der Waals surface area contributed by atoms with Crippen molar-refractivity contribution in [2.24, 2.45) is 5.10 Å². The molecule has 0 aromatic heterocycles. The van der Waals surface area contributed by atoms with E-state index in [9.17, 15) is 9.59 Å². The lowest BCUT2D eigenvalue weighted by Crippen LogP contribution is -2.37. The molecular weight excluding hydrogens is 198 g/mol. The molecule has 1 aliphatic rings. The molecule has 0 aromatic carbocycles. The molecule has 1 atom stereocenters. The molecule has 0 fully saturated rings. The first-order chi connectivity index (χ1) is 7.09. The first-order valence-corrected chi connectivity index (χ1v) is 4.91. The van der Waals surface area contributed by atoms with Gasteiger partial charge in [0, 0.05) is 19.4 Å². The van der Waals surface area contributed by atoms with Crippen LogP contribution in [0.15, 0.2) is 5.10 Å². The maximum Gasteiger partial charge on any atom is 0.267 e. The Kier molecular flexibility index (Phi) is 4.23. The van der Waals surface area contributed by atoms with Crippen LogP contribution in [-0.4, -0.2) is 35.3 Å². The zero-order valence-electron chi connectivity index (χ0n) is 8.62. The summed E-state index contributed by atoms with van der Waals surface area (Å²) in [7, 11) is 0. The first kappa shape index (κ1) is 11.6. The van der Waals surface area contributed by atoms with Crippen LogP contribution in [0.4, 0.5) is 0 Å². The Morgan fingerprint density at radius 3 is 2.93 bits per heavy atom. The number of hydrogen-bond acceptors (Lipinski definition) is 4. The number of amides is 2. The Bertz CT molecular complexity index is 286. The summed E-state index contributed by atoms with van der Waals surface area (Å²) in [6.07, 6.45) is 0.735. The molecule has 0 aliphatic carbocycles. The lowest BCUT2D eigenvalue weighted by molar-refractivity contribution is -0.121. The summed E-state index contributed by atoms with van der Waals surface area (Å²) in [6.45, 7) is 2.06. The van der Waals surface area contributed by atoms with E-state index in [1.807, 2.05) is 0 Å². The molecule has 15 heavy (non-hydrogen) atoms. The second-order valence-electron chi connectivity index (χ2n) is 3.49. The topological polar surface area (TPSA) is 90.8 Å². The second kappa shape index (κ2) is 5.45. The number of hydrazone groups is 1. The number of aliphatic hydroxyl groups excluding tert-OH is 1. The SMILES string of the molecule is CC(O)CCNC(=O)C1=NNC(=O)CC1. The minimum atomic E-state index is -0.432. The molecule has 1 heterocycles. The molecule has 0 saturated heterocycles. The van der Waals surface area contributed by atoms with Gasteiger partial charge in [0.1, 0.15) is 5.71 Å². The fraction of sp³-hybridized carbons (Fsp3) is 0.667. The highest BCUT2D eigenvalue weighted by Crippen LogP contribution is 1.99. The minimum Gasteiger partial charge on any atom is -0.393 e. The van der Waals surface area contributed by atoms with Gasteiger partial charge in [-0.1, -0.05) is 0 Å². The zero-order valence-corrected chi connectivity index (χ0v) is 8.62. The third kappa shape index (κ3) is 4.07. The fourth-order valence-electron chi connectivity index (χ4n) is 1.13. The van der Waals surface area contributed by atoms with Crippen molar-refractivity contribution < 1.29 is 14.7 Å². The van der Waals surface area contributed by atoms with E-state index in [0.29, 0.717) is 31.5 Å². The van der Waals surface area contributed by atoms with Crippen LogP contribution in [0.25, 0.3) is 0 Å². The molecule has 1 rings (SSSR count). The molecule has 0 saturated carbocycles. The molecule has 84 valence electrons. The maximum absolute atomic E-state index is 11.4. The first-order valence-electron chi connectivity index (χ1n) is 4.91. The molecule has 1 aliphatic heterocycles. The summed E-state index contributed by atoms with van der Waals surface area (Å²) in [6, 6.07) is 0. The van der Waals surface area contributed by atoms with Crippen LogP contribution in [0, 0.1) is 0 Å². The quantitative estimate of drug-likeness (QED) is 0.567. The standard InChI is InChI=1S/C9H15N3O3/c1-6(13)4-5-10-9(15)7-2-3-8(14)12-11-7/h6,13H,2-5H2,1H3,(H,10,15)(H,12,14). The van der Waals surface area contributed by atoms with Gasteiger partial charge in [-0.05, 0) is 13.3 Å². The van der Waals surface area contributed by atoms with Gasteiger partial charge in [0.05, 0.1) is 6.10 Å². The number of hydrogen-bond donors (Lipinski definition) is 3. The van der Waals surface area contributed by atoms with Gasteiger partial charge in [-0.15, -0.1) is 0 Å². The lowest BCUT2D eigenvalue weighted by Gasteiger charge is -2.12. The van der Waals surface area contributed by atoms with Gasteiger partial charge in [0.25, 0.3) is 5.91 Å². The normalized spacial score (nSPS) is 17.7. The predicted octanol–water partition coefficient (Wildman–Crippen LogP) is -0.860. The van der Waals surface area contributed by atoms with Crippen LogP contribution in [-0.2, 0) is 9.59 Å². The predicted molar refractivity (Wildman–Crippen MR) is 54.1 cm³/mol. The van der Waals surface area contributed by atoms with Crippen molar-refractivity contribution in [3.8, 4) is 0 Å². The van der Waals surface area contributed by atoms with E-state index in [-0.39, 0.29) is 11.8 Å². The number of aliphatic hydroxyl groups is 1. The van der Waals surface area contributed by atoms with Gasteiger partial charge in [0.15, 0.2) is 0 Å². The van der Waals surface area contributed by atoms with Crippen molar-refractivity contribution in [3.05, 3.63) is 0 Å². The van der Waals surface area contributed by atoms with Crippen molar-refractivity contribution in [3.63, 3.8) is 0 Å². The summed E-state index contributed by atoms with van der Waals surface area (Å²) in [5.74, 6) is -0.453. The minimum absolute atomic E-state index is 0.171. The van der Waals surface area contributed by atoms with E-state index in [4.69, 9.17) is 5.11 Å². The highest BCUT2D eigenvalue weighted by molar-refractivity contribution is 6.39. The Hall–Kier alpha value is -1.43. The molecule has 0 spiro atoms. The second-order valence-corrected chi connectivity index (χ2v) is 3.49. The lowest BCUT2D eigenvalue weighted by atomic mass is 10.1.